The second kappa shape index (κ2) is 28.4. The number of unbranched alkanes of at least 4 members (excludes halogenated alkanes) is 4. The summed E-state index contributed by atoms with van der Waals surface area (Å²) in [6.07, 6.45) is 13.8. The Morgan fingerprint density at radius 3 is 2.11 bits per heavy atom. The minimum Gasteiger partial charge on any atom is -0.466 e. The van der Waals surface area contributed by atoms with Gasteiger partial charge in [-0.15, -0.1) is 0 Å². The number of carbonyl (C=O) groups is 4. The van der Waals surface area contributed by atoms with Crippen LogP contribution in [0.25, 0.3) is 0 Å². The number of methoxy groups -OCH3 is 1. The van der Waals surface area contributed by atoms with Gasteiger partial charge in [0.25, 0.3) is 0 Å². The first kappa shape index (κ1) is 66.2. The highest BCUT2D eigenvalue weighted by Gasteiger charge is 2.58. The molecule has 3 heterocycles. The van der Waals surface area contributed by atoms with Gasteiger partial charge in [0, 0.05) is 36.7 Å². The number of allylic oxidation sites excluding steroid dienone is 1. The first-order valence-corrected chi connectivity index (χ1v) is 35.1. The van der Waals surface area contributed by atoms with Gasteiger partial charge in [0.1, 0.15) is 12.4 Å². The minimum absolute atomic E-state index is 0.0135. The molecule has 1 unspecified atom stereocenters. The highest BCUT2D eigenvalue weighted by molar-refractivity contribution is 6.74. The molecule has 3 aliphatic heterocycles. The molecule has 0 bridgehead atoms. The van der Waals surface area contributed by atoms with Crippen LogP contribution in [0.5, 0.6) is 0 Å². The standard InChI is InChI=1S/C60H106O14Si2/c1-18-19-20-21-22-27-52(62)71-55-44(35-53(63)66-13)34-48(73-60(55,65)58(11,12)31-24-32-61)38-50(41-68-75(14,15)56(5,6)7)70-54(64)39-49(74-76(16,17)57(8,9)10)37-46-26-23-25-45(69-46)36-47-30-33-67-59(72-47)40-43(4)28-29-51(59)42(2)3/h24,31-32,35,42-43,45-51,55,65H,18-23,25-30,33-34,36-41H2,1-17H3/b31-24+,44-35+/t43-,45-,46+,47+,48+,49-,50-,51+,55+,59?,60-/m1/s1. The highest BCUT2D eigenvalue weighted by atomic mass is 28.4. The van der Waals surface area contributed by atoms with Crippen LogP contribution >= 0.6 is 0 Å². The molecule has 4 rings (SSSR count). The number of ether oxygens (including phenoxy) is 7. The van der Waals surface area contributed by atoms with Crippen LogP contribution in [0.4, 0.5) is 0 Å². The van der Waals surface area contributed by atoms with Gasteiger partial charge in [-0.2, -0.15) is 0 Å². The Morgan fingerprint density at radius 2 is 1.47 bits per heavy atom. The summed E-state index contributed by atoms with van der Waals surface area (Å²) in [5, 5.41) is 12.6. The van der Waals surface area contributed by atoms with E-state index in [2.05, 4.69) is 95.4 Å². The van der Waals surface area contributed by atoms with Crippen molar-refractivity contribution in [2.45, 2.75) is 289 Å². The van der Waals surface area contributed by atoms with Crippen molar-refractivity contribution >= 4 is 40.8 Å². The zero-order chi connectivity index (χ0) is 56.9. The fourth-order valence-electron chi connectivity index (χ4n) is 11.1. The molecule has 76 heavy (non-hydrogen) atoms. The summed E-state index contributed by atoms with van der Waals surface area (Å²) < 4.78 is 58.8. The number of aliphatic hydroxyl groups is 1. The van der Waals surface area contributed by atoms with Gasteiger partial charge in [-0.05, 0) is 118 Å². The molecule has 4 fully saturated rings. The van der Waals surface area contributed by atoms with E-state index >= 15 is 0 Å². The van der Waals surface area contributed by atoms with E-state index in [0.29, 0.717) is 43.5 Å². The van der Waals surface area contributed by atoms with Crippen molar-refractivity contribution in [3.63, 3.8) is 0 Å². The van der Waals surface area contributed by atoms with Gasteiger partial charge in [0.05, 0.1) is 57.3 Å². The second-order valence-electron chi connectivity index (χ2n) is 27.0. The van der Waals surface area contributed by atoms with E-state index in [4.69, 9.17) is 42.0 Å². The van der Waals surface area contributed by atoms with E-state index in [-0.39, 0.29) is 66.3 Å². The Hall–Kier alpha value is -2.29. The summed E-state index contributed by atoms with van der Waals surface area (Å²) in [4.78, 5) is 53.0. The van der Waals surface area contributed by atoms with Crippen molar-refractivity contribution in [3.8, 4) is 0 Å². The lowest BCUT2D eigenvalue weighted by Gasteiger charge is -2.51. The Bertz CT molecular complexity index is 1920. The maximum atomic E-state index is 14.7. The van der Waals surface area contributed by atoms with Gasteiger partial charge < -0.3 is 47.1 Å². The van der Waals surface area contributed by atoms with E-state index in [0.717, 1.165) is 70.6 Å². The molecule has 11 atom stereocenters. The number of aldehydes is 1. The summed E-state index contributed by atoms with van der Waals surface area (Å²) in [6.45, 7) is 34.8. The first-order valence-electron chi connectivity index (χ1n) is 29.3. The molecule has 0 aromatic heterocycles. The number of hydrogen-bond donors (Lipinski definition) is 1. The van der Waals surface area contributed by atoms with Crippen molar-refractivity contribution in [3.05, 3.63) is 23.8 Å². The molecule has 0 amide bonds. The third-order valence-corrected chi connectivity index (χ3v) is 26.8. The smallest absolute Gasteiger partial charge is 0.330 e. The van der Waals surface area contributed by atoms with Crippen LogP contribution in [0, 0.1) is 23.2 Å². The third kappa shape index (κ3) is 18.6. The topological polar surface area (TPSA) is 172 Å². The SMILES string of the molecule is CCCCCCCC(=O)O[C@H]1/C(=C/C(=O)OC)C[C@@H](C[C@H](CO[Si](C)(C)C(C)(C)C)OC(=O)C[C@@H](C[C@@H]2CCC[C@H](C[C@@H]3CCOC4(C[C@H](C)CC[C@H]4C(C)C)O3)O2)O[Si](C)(C)C(C)(C)C)O[C@@]1(O)C(C)(C)/C=C/C=O. The van der Waals surface area contributed by atoms with E-state index < -0.39 is 75.9 Å². The summed E-state index contributed by atoms with van der Waals surface area (Å²) >= 11 is 0. The maximum Gasteiger partial charge on any atom is 0.330 e. The number of hydrogen-bond acceptors (Lipinski definition) is 14. The molecule has 3 saturated heterocycles. The molecule has 4 aliphatic rings. The van der Waals surface area contributed by atoms with Crippen LogP contribution in [-0.4, -0.2) is 121 Å². The fourth-order valence-corrected chi connectivity index (χ4v) is 13.5. The first-order chi connectivity index (χ1) is 35.3. The Kier molecular flexibility index (Phi) is 24.8. The van der Waals surface area contributed by atoms with Crippen LogP contribution in [0.2, 0.25) is 36.3 Å². The summed E-state index contributed by atoms with van der Waals surface area (Å²) in [6, 6.07) is 0. The van der Waals surface area contributed by atoms with E-state index in [1.165, 1.54) is 31.8 Å². The monoisotopic (exact) mass is 1110 g/mol. The molecule has 438 valence electrons. The van der Waals surface area contributed by atoms with Crippen molar-refractivity contribution in [1.82, 2.24) is 0 Å². The van der Waals surface area contributed by atoms with Gasteiger partial charge in [-0.1, -0.05) is 121 Å². The lowest BCUT2D eigenvalue weighted by Crippen LogP contribution is -2.62. The molecule has 0 aromatic carbocycles. The van der Waals surface area contributed by atoms with Crippen molar-refractivity contribution in [2.75, 3.05) is 20.3 Å². The molecule has 1 aliphatic carbocycles. The molecular weight excluding hydrogens is 1000 g/mol. The van der Waals surface area contributed by atoms with Gasteiger partial charge >= 0.3 is 17.9 Å². The van der Waals surface area contributed by atoms with Crippen LogP contribution in [-0.2, 0) is 61.2 Å². The average molecular weight is 1110 g/mol. The molecular formula is C60H106O14Si2. The van der Waals surface area contributed by atoms with Crippen molar-refractivity contribution in [2.24, 2.45) is 23.2 Å². The Balaban J connectivity index is 1.63. The van der Waals surface area contributed by atoms with Crippen LogP contribution in [0.1, 0.15) is 199 Å². The fraction of sp³-hybridized carbons (Fsp3) is 0.867. The quantitative estimate of drug-likeness (QED) is 0.0217. The van der Waals surface area contributed by atoms with Crippen LogP contribution < -0.4 is 0 Å². The average Bonchev–Trinajstić information content (AvgIpc) is 3.30. The van der Waals surface area contributed by atoms with Crippen LogP contribution in [0.15, 0.2) is 23.8 Å². The normalized spacial score (nSPS) is 29.6. The van der Waals surface area contributed by atoms with E-state index in [9.17, 15) is 24.3 Å². The predicted molar refractivity (Wildman–Crippen MR) is 302 cm³/mol. The number of esters is 3. The highest BCUT2D eigenvalue weighted by Crippen LogP contribution is 2.49. The molecule has 1 spiro atoms. The van der Waals surface area contributed by atoms with Gasteiger partial charge in [-0.25, -0.2) is 4.79 Å². The third-order valence-electron chi connectivity index (χ3n) is 17.8. The maximum absolute atomic E-state index is 14.7. The van der Waals surface area contributed by atoms with Crippen molar-refractivity contribution in [1.29, 1.82) is 0 Å². The molecule has 16 heteroatoms. The summed E-state index contributed by atoms with van der Waals surface area (Å²) in [7, 11) is -3.59. The molecule has 0 aromatic rings. The van der Waals surface area contributed by atoms with Gasteiger partial charge in [0.15, 0.2) is 28.5 Å². The number of carbonyl (C=O) groups excluding carboxylic acids is 4. The predicted octanol–water partition coefficient (Wildman–Crippen LogP) is 13.0. The Morgan fingerprint density at radius 1 is 0.816 bits per heavy atom. The molecule has 14 nitrogen and oxygen atoms in total. The largest absolute Gasteiger partial charge is 0.466 e. The zero-order valence-electron chi connectivity index (χ0n) is 50.5. The van der Waals surface area contributed by atoms with E-state index in [1.54, 1.807) is 13.8 Å². The summed E-state index contributed by atoms with van der Waals surface area (Å²) in [5.41, 5.74) is -1.08. The lowest BCUT2D eigenvalue weighted by atomic mass is 9.72. The van der Waals surface area contributed by atoms with Gasteiger partial charge in [0.2, 0.25) is 5.79 Å². The molecule has 1 N–H and O–H groups in total. The minimum atomic E-state index is -2.42. The van der Waals surface area contributed by atoms with E-state index in [1.807, 2.05) is 0 Å². The second-order valence-corrected chi connectivity index (χ2v) is 36.5. The Labute approximate surface area is 461 Å². The molecule has 0 radical (unpaired) electrons. The lowest BCUT2D eigenvalue weighted by molar-refractivity contribution is -0.342. The van der Waals surface area contributed by atoms with Gasteiger partial charge in [-0.3, -0.25) is 14.4 Å². The summed E-state index contributed by atoms with van der Waals surface area (Å²) in [5.74, 6) is -3.17. The molecule has 1 saturated carbocycles. The zero-order valence-corrected chi connectivity index (χ0v) is 52.5. The number of rotatable bonds is 26. The van der Waals surface area contributed by atoms with Crippen LogP contribution in [0.3, 0.4) is 0 Å². The van der Waals surface area contributed by atoms with Crippen molar-refractivity contribution < 1.29 is 66.3 Å².